The predicted octanol–water partition coefficient (Wildman–Crippen LogP) is 0.759. The van der Waals surface area contributed by atoms with Crippen LogP contribution in [-0.2, 0) is 29.1 Å². The third-order valence-corrected chi connectivity index (χ3v) is 3.84. The van der Waals surface area contributed by atoms with E-state index in [0.717, 1.165) is 12.1 Å². The Morgan fingerprint density at radius 3 is 3.00 bits per heavy atom. The highest BCUT2D eigenvalue weighted by Crippen LogP contribution is 2.14. The zero-order valence-electron chi connectivity index (χ0n) is 13.1. The lowest BCUT2D eigenvalue weighted by Gasteiger charge is -2.34. The quantitative estimate of drug-likeness (QED) is 0.847. The van der Waals surface area contributed by atoms with Crippen molar-refractivity contribution in [3.05, 3.63) is 47.6 Å². The first-order valence-electron chi connectivity index (χ1n) is 7.62. The van der Waals surface area contributed by atoms with Crippen LogP contribution in [0.2, 0.25) is 0 Å². The van der Waals surface area contributed by atoms with Gasteiger partial charge >= 0.3 is 0 Å². The number of piperazine rings is 1. The Morgan fingerprint density at radius 1 is 1.39 bits per heavy atom. The number of aromatic nitrogens is 2. The molecule has 1 aliphatic rings. The standard InChI is InChI=1S/C16H20N4O3/c1-22-11-15-18-14(19-23-15)10-20-8-7-17-16(21)13(20)9-12-5-3-2-4-6-12/h2-6,13H,7-11H2,1H3,(H,17,21). The van der Waals surface area contributed by atoms with Crippen LogP contribution >= 0.6 is 0 Å². The molecular weight excluding hydrogens is 296 g/mol. The van der Waals surface area contributed by atoms with Crippen molar-refractivity contribution in [2.24, 2.45) is 0 Å². The fraction of sp³-hybridized carbons (Fsp3) is 0.438. The predicted molar refractivity (Wildman–Crippen MR) is 82.4 cm³/mol. The van der Waals surface area contributed by atoms with Crippen LogP contribution in [0.1, 0.15) is 17.3 Å². The van der Waals surface area contributed by atoms with Gasteiger partial charge in [-0.15, -0.1) is 0 Å². The van der Waals surface area contributed by atoms with Crippen molar-refractivity contribution in [1.29, 1.82) is 0 Å². The topological polar surface area (TPSA) is 80.5 Å². The summed E-state index contributed by atoms with van der Waals surface area (Å²) in [5.41, 5.74) is 1.13. The van der Waals surface area contributed by atoms with E-state index in [9.17, 15) is 4.79 Å². The second kappa shape index (κ2) is 7.34. The van der Waals surface area contributed by atoms with Crippen LogP contribution in [0.3, 0.4) is 0 Å². The summed E-state index contributed by atoms with van der Waals surface area (Å²) in [7, 11) is 1.58. The molecule has 1 unspecified atom stereocenters. The number of nitrogens with zero attached hydrogens (tertiary/aromatic N) is 3. The number of hydrogen-bond donors (Lipinski definition) is 1. The second-order valence-electron chi connectivity index (χ2n) is 5.50. The molecule has 1 atom stereocenters. The molecule has 3 rings (SSSR count). The summed E-state index contributed by atoms with van der Waals surface area (Å²) in [5.74, 6) is 1.06. The van der Waals surface area contributed by atoms with Gasteiger partial charge in [0.25, 0.3) is 5.89 Å². The lowest BCUT2D eigenvalue weighted by Crippen LogP contribution is -2.55. The molecule has 1 N–H and O–H groups in total. The molecule has 1 aliphatic heterocycles. The van der Waals surface area contributed by atoms with E-state index in [0.29, 0.717) is 37.8 Å². The Hall–Kier alpha value is -2.25. The van der Waals surface area contributed by atoms with E-state index < -0.39 is 0 Å². The maximum atomic E-state index is 12.3. The molecule has 2 heterocycles. The van der Waals surface area contributed by atoms with E-state index in [4.69, 9.17) is 9.26 Å². The van der Waals surface area contributed by atoms with E-state index in [1.54, 1.807) is 7.11 Å². The lowest BCUT2D eigenvalue weighted by atomic mass is 10.0. The first kappa shape index (κ1) is 15.6. The van der Waals surface area contributed by atoms with Gasteiger partial charge in [-0.25, -0.2) is 0 Å². The Kier molecular flexibility index (Phi) is 4.99. The number of hydrogen-bond acceptors (Lipinski definition) is 6. The third-order valence-electron chi connectivity index (χ3n) is 3.84. The van der Waals surface area contributed by atoms with Crippen LogP contribution in [0.15, 0.2) is 34.9 Å². The van der Waals surface area contributed by atoms with Crippen molar-refractivity contribution in [3.63, 3.8) is 0 Å². The summed E-state index contributed by atoms with van der Waals surface area (Å²) >= 11 is 0. The third kappa shape index (κ3) is 3.94. The van der Waals surface area contributed by atoms with E-state index in [1.807, 2.05) is 30.3 Å². The first-order chi connectivity index (χ1) is 11.3. The molecule has 1 aromatic carbocycles. The van der Waals surface area contributed by atoms with Crippen LogP contribution in [0.4, 0.5) is 0 Å². The number of benzene rings is 1. The van der Waals surface area contributed by atoms with E-state index >= 15 is 0 Å². The van der Waals surface area contributed by atoms with Crippen molar-refractivity contribution in [2.75, 3.05) is 20.2 Å². The molecule has 0 spiro atoms. The minimum atomic E-state index is -0.226. The van der Waals surface area contributed by atoms with Gasteiger partial charge in [-0.1, -0.05) is 35.5 Å². The summed E-state index contributed by atoms with van der Waals surface area (Å²) < 4.78 is 10.1. The molecule has 7 heteroatoms. The van der Waals surface area contributed by atoms with Gasteiger partial charge in [-0.3, -0.25) is 9.69 Å². The first-order valence-corrected chi connectivity index (χ1v) is 7.62. The van der Waals surface area contributed by atoms with Crippen molar-refractivity contribution >= 4 is 5.91 Å². The maximum Gasteiger partial charge on any atom is 0.252 e. The molecule has 1 fully saturated rings. The molecule has 7 nitrogen and oxygen atoms in total. The van der Waals surface area contributed by atoms with Gasteiger partial charge in [0.1, 0.15) is 6.61 Å². The molecule has 1 amide bonds. The zero-order valence-corrected chi connectivity index (χ0v) is 13.1. The molecule has 0 aliphatic carbocycles. The summed E-state index contributed by atoms with van der Waals surface area (Å²) in [6.45, 7) is 2.17. The van der Waals surface area contributed by atoms with Gasteiger partial charge < -0.3 is 14.6 Å². The normalized spacial score (nSPS) is 18.8. The van der Waals surface area contributed by atoms with Gasteiger partial charge in [-0.2, -0.15) is 4.98 Å². The Balaban J connectivity index is 1.70. The molecular formula is C16H20N4O3. The monoisotopic (exact) mass is 316 g/mol. The zero-order chi connectivity index (χ0) is 16.1. The van der Waals surface area contributed by atoms with Gasteiger partial charge in [0.05, 0.1) is 12.6 Å². The highest BCUT2D eigenvalue weighted by molar-refractivity contribution is 5.82. The van der Waals surface area contributed by atoms with Crippen LogP contribution in [0, 0.1) is 0 Å². The minimum Gasteiger partial charge on any atom is -0.375 e. The smallest absolute Gasteiger partial charge is 0.252 e. The largest absolute Gasteiger partial charge is 0.375 e. The van der Waals surface area contributed by atoms with Gasteiger partial charge in [0, 0.05) is 20.2 Å². The van der Waals surface area contributed by atoms with E-state index in [-0.39, 0.29) is 11.9 Å². The number of ether oxygens (including phenoxy) is 1. The molecule has 0 saturated carbocycles. The number of carbonyl (C=O) groups is 1. The van der Waals surface area contributed by atoms with E-state index in [2.05, 4.69) is 20.4 Å². The van der Waals surface area contributed by atoms with Crippen molar-refractivity contribution in [2.45, 2.75) is 25.6 Å². The number of methoxy groups -OCH3 is 1. The molecule has 122 valence electrons. The van der Waals surface area contributed by atoms with Crippen LogP contribution in [0.25, 0.3) is 0 Å². The molecule has 1 aromatic heterocycles. The molecule has 1 saturated heterocycles. The van der Waals surface area contributed by atoms with Crippen molar-refractivity contribution in [3.8, 4) is 0 Å². The number of nitrogens with one attached hydrogen (secondary N) is 1. The van der Waals surface area contributed by atoms with Gasteiger partial charge in [-0.05, 0) is 12.0 Å². The molecule has 2 aromatic rings. The average Bonchev–Trinajstić information content (AvgIpc) is 2.99. The maximum absolute atomic E-state index is 12.3. The second-order valence-corrected chi connectivity index (χ2v) is 5.50. The molecule has 23 heavy (non-hydrogen) atoms. The fourth-order valence-electron chi connectivity index (χ4n) is 2.73. The Labute approximate surface area is 134 Å². The summed E-state index contributed by atoms with van der Waals surface area (Å²) in [5, 5.41) is 6.88. The summed E-state index contributed by atoms with van der Waals surface area (Å²) in [4.78, 5) is 18.6. The van der Waals surface area contributed by atoms with Crippen molar-refractivity contribution < 1.29 is 14.1 Å². The summed E-state index contributed by atoms with van der Waals surface area (Å²) in [6, 6.07) is 9.78. The number of rotatable bonds is 6. The number of amides is 1. The van der Waals surface area contributed by atoms with E-state index in [1.165, 1.54) is 0 Å². The minimum absolute atomic E-state index is 0.0423. The van der Waals surface area contributed by atoms with Crippen LogP contribution in [0.5, 0.6) is 0 Å². The van der Waals surface area contributed by atoms with Crippen molar-refractivity contribution in [1.82, 2.24) is 20.4 Å². The lowest BCUT2D eigenvalue weighted by molar-refractivity contribution is -0.129. The highest BCUT2D eigenvalue weighted by atomic mass is 16.5. The SMILES string of the molecule is COCc1nc(CN2CCNC(=O)C2Cc2ccccc2)no1. The van der Waals surface area contributed by atoms with Crippen LogP contribution < -0.4 is 5.32 Å². The van der Waals surface area contributed by atoms with Gasteiger partial charge in [0.2, 0.25) is 5.91 Å². The summed E-state index contributed by atoms with van der Waals surface area (Å²) in [6.07, 6.45) is 0.662. The number of carbonyl (C=O) groups excluding carboxylic acids is 1. The molecule has 0 radical (unpaired) electrons. The Morgan fingerprint density at radius 2 is 2.22 bits per heavy atom. The Bertz CT molecular complexity index is 644. The molecule has 0 bridgehead atoms. The average molecular weight is 316 g/mol. The highest BCUT2D eigenvalue weighted by Gasteiger charge is 2.30. The van der Waals surface area contributed by atoms with Crippen LogP contribution in [-0.4, -0.2) is 47.2 Å². The van der Waals surface area contributed by atoms with Gasteiger partial charge in [0.15, 0.2) is 5.82 Å². The fourth-order valence-corrected chi connectivity index (χ4v) is 2.73.